The number of imidazole rings is 2. The Labute approximate surface area is 156 Å². The van der Waals surface area contributed by atoms with Crippen LogP contribution in [0.25, 0.3) is 22.1 Å². The number of carbonyl (C=O) groups is 1. The summed E-state index contributed by atoms with van der Waals surface area (Å²) < 4.78 is 1.99. The Morgan fingerprint density at radius 1 is 1.22 bits per heavy atom. The van der Waals surface area contributed by atoms with E-state index in [-0.39, 0.29) is 17.6 Å². The molecule has 0 aliphatic carbocycles. The highest BCUT2D eigenvalue weighted by Crippen LogP contribution is 2.28. The van der Waals surface area contributed by atoms with Crippen LogP contribution < -0.4 is 5.32 Å². The lowest BCUT2D eigenvalue weighted by atomic mass is 10.1. The maximum atomic E-state index is 12.1. The molecule has 2 heterocycles. The van der Waals surface area contributed by atoms with Gasteiger partial charge in [0.15, 0.2) is 0 Å². The molecule has 1 unspecified atom stereocenters. The summed E-state index contributed by atoms with van der Waals surface area (Å²) in [6.07, 6.45) is 0. The predicted molar refractivity (Wildman–Crippen MR) is 104 cm³/mol. The van der Waals surface area contributed by atoms with Crippen LogP contribution in [-0.4, -0.2) is 37.1 Å². The number of aromatic amines is 1. The molecule has 0 saturated heterocycles. The molecule has 0 saturated carbocycles. The second-order valence-corrected chi connectivity index (χ2v) is 6.64. The zero-order valence-electron chi connectivity index (χ0n) is 15.4. The van der Waals surface area contributed by atoms with Crippen LogP contribution in [0.4, 0.5) is 0 Å². The Morgan fingerprint density at radius 2 is 2.04 bits per heavy atom. The van der Waals surface area contributed by atoms with Gasteiger partial charge in [0.05, 0.1) is 28.0 Å². The Hall–Kier alpha value is -3.35. The van der Waals surface area contributed by atoms with Gasteiger partial charge in [-0.15, -0.1) is 0 Å². The van der Waals surface area contributed by atoms with Crippen molar-refractivity contribution in [2.24, 2.45) is 7.05 Å². The molecular weight excluding hydrogens is 342 g/mol. The summed E-state index contributed by atoms with van der Waals surface area (Å²) in [5.41, 5.74) is 3.93. The molecule has 4 rings (SSSR count). The van der Waals surface area contributed by atoms with E-state index in [0.717, 1.165) is 28.2 Å². The van der Waals surface area contributed by atoms with Crippen LogP contribution >= 0.6 is 0 Å². The Morgan fingerprint density at radius 3 is 2.81 bits per heavy atom. The first kappa shape index (κ1) is 17.1. The number of benzene rings is 2. The molecule has 2 aromatic heterocycles. The van der Waals surface area contributed by atoms with Gasteiger partial charge < -0.3 is 20.0 Å². The lowest BCUT2D eigenvalue weighted by Crippen LogP contribution is -2.22. The first-order valence-corrected chi connectivity index (χ1v) is 8.91. The third-order valence-electron chi connectivity index (χ3n) is 4.80. The van der Waals surface area contributed by atoms with E-state index in [4.69, 9.17) is 4.98 Å². The fraction of sp³-hybridized carbons (Fsp3) is 0.250. The zero-order chi connectivity index (χ0) is 19.1. The van der Waals surface area contributed by atoms with E-state index in [1.165, 1.54) is 0 Å². The number of phenols is 1. The molecule has 1 atom stereocenters. The van der Waals surface area contributed by atoms with Crippen molar-refractivity contribution in [2.45, 2.75) is 19.8 Å². The molecule has 4 aromatic rings. The topological polar surface area (TPSA) is 95.8 Å². The van der Waals surface area contributed by atoms with Crippen molar-refractivity contribution in [3.05, 3.63) is 53.6 Å². The number of aromatic nitrogens is 4. The lowest BCUT2D eigenvalue weighted by Gasteiger charge is -2.09. The van der Waals surface area contributed by atoms with Crippen LogP contribution in [0.1, 0.15) is 41.8 Å². The van der Waals surface area contributed by atoms with E-state index < -0.39 is 0 Å². The highest BCUT2D eigenvalue weighted by Gasteiger charge is 2.20. The summed E-state index contributed by atoms with van der Waals surface area (Å²) in [5.74, 6) is 1.64. The molecule has 0 fully saturated rings. The maximum absolute atomic E-state index is 12.1. The fourth-order valence-corrected chi connectivity index (χ4v) is 3.34. The van der Waals surface area contributed by atoms with Gasteiger partial charge in [0.2, 0.25) is 0 Å². The number of hydrogen-bond donors (Lipinski definition) is 3. The van der Waals surface area contributed by atoms with Crippen molar-refractivity contribution in [3.63, 3.8) is 0 Å². The van der Waals surface area contributed by atoms with Crippen molar-refractivity contribution in [1.82, 2.24) is 24.8 Å². The van der Waals surface area contributed by atoms with E-state index in [9.17, 15) is 9.90 Å². The van der Waals surface area contributed by atoms with Gasteiger partial charge in [0.1, 0.15) is 17.4 Å². The number of H-pyrrole nitrogens is 1. The van der Waals surface area contributed by atoms with Crippen LogP contribution in [0.3, 0.4) is 0 Å². The third-order valence-corrected chi connectivity index (χ3v) is 4.80. The minimum Gasteiger partial charge on any atom is -0.508 e. The van der Waals surface area contributed by atoms with Crippen LogP contribution in [0.2, 0.25) is 0 Å². The third kappa shape index (κ3) is 2.91. The summed E-state index contributed by atoms with van der Waals surface area (Å²) in [5, 5.41) is 12.5. The molecule has 1 amide bonds. The zero-order valence-corrected chi connectivity index (χ0v) is 15.4. The summed E-state index contributed by atoms with van der Waals surface area (Å²) >= 11 is 0. The molecule has 0 bridgehead atoms. The van der Waals surface area contributed by atoms with Crippen molar-refractivity contribution < 1.29 is 9.90 Å². The molecular formula is C20H21N5O2. The predicted octanol–water partition coefficient (Wildman–Crippen LogP) is 3.06. The van der Waals surface area contributed by atoms with E-state index >= 15 is 0 Å². The smallest absolute Gasteiger partial charge is 0.251 e. The number of aryl methyl sites for hydroxylation is 1. The molecule has 138 valence electrons. The van der Waals surface area contributed by atoms with Crippen LogP contribution in [0.5, 0.6) is 5.75 Å². The maximum Gasteiger partial charge on any atom is 0.251 e. The number of rotatable bonds is 4. The van der Waals surface area contributed by atoms with Crippen LogP contribution in [-0.2, 0) is 7.05 Å². The number of hydrogen-bond acceptors (Lipinski definition) is 4. The van der Waals surface area contributed by atoms with Crippen LogP contribution in [0, 0.1) is 0 Å². The summed E-state index contributed by atoms with van der Waals surface area (Å²) in [7, 11) is 1.94. The number of aromatic hydroxyl groups is 1. The van der Waals surface area contributed by atoms with E-state index in [1.54, 1.807) is 24.3 Å². The van der Waals surface area contributed by atoms with Crippen LogP contribution in [0.15, 0.2) is 36.4 Å². The standard InChI is InChI=1S/C20H21N5O2/c1-4-21-20(27)12-5-7-15-17(9-12)25(3)19(24-15)11(2)18-22-14-8-6-13(26)10-16(14)23-18/h5-11,26H,4H2,1-3H3,(H,21,27)(H,22,23). The number of nitrogens with zero attached hydrogens (tertiary/aromatic N) is 3. The van der Waals surface area contributed by atoms with Crippen molar-refractivity contribution in [3.8, 4) is 5.75 Å². The molecule has 0 aliphatic rings. The van der Waals surface area contributed by atoms with Crippen molar-refractivity contribution >= 4 is 28.0 Å². The molecule has 7 heteroatoms. The average Bonchev–Trinajstić information content (AvgIpc) is 3.22. The van der Waals surface area contributed by atoms with E-state index in [2.05, 4.69) is 15.3 Å². The number of amides is 1. The quantitative estimate of drug-likeness (QED) is 0.519. The molecule has 27 heavy (non-hydrogen) atoms. The SMILES string of the molecule is CCNC(=O)c1ccc2nc(C(C)c3nc4cc(O)ccc4[nH]3)n(C)c2c1. The van der Waals surface area contributed by atoms with Gasteiger partial charge in [0, 0.05) is 25.2 Å². The van der Waals surface area contributed by atoms with Gasteiger partial charge in [0.25, 0.3) is 5.91 Å². The van der Waals surface area contributed by atoms with Gasteiger partial charge in [-0.25, -0.2) is 9.97 Å². The normalized spacial score (nSPS) is 12.6. The van der Waals surface area contributed by atoms with Gasteiger partial charge in [-0.2, -0.15) is 0 Å². The Balaban J connectivity index is 1.75. The first-order valence-electron chi connectivity index (χ1n) is 8.91. The number of carbonyl (C=O) groups excluding carboxylic acids is 1. The molecule has 7 nitrogen and oxygen atoms in total. The average molecular weight is 363 g/mol. The minimum absolute atomic E-state index is 0.0788. The molecule has 0 radical (unpaired) electrons. The van der Waals surface area contributed by atoms with E-state index in [1.807, 2.05) is 37.6 Å². The Kier molecular flexibility index (Phi) is 4.07. The van der Waals surface area contributed by atoms with Gasteiger partial charge in [-0.3, -0.25) is 4.79 Å². The number of fused-ring (bicyclic) bond motifs is 2. The van der Waals surface area contributed by atoms with E-state index in [0.29, 0.717) is 17.6 Å². The second-order valence-electron chi connectivity index (χ2n) is 6.64. The highest BCUT2D eigenvalue weighted by atomic mass is 16.3. The molecule has 3 N–H and O–H groups in total. The van der Waals surface area contributed by atoms with Gasteiger partial charge in [-0.1, -0.05) is 0 Å². The number of nitrogens with one attached hydrogen (secondary N) is 2. The molecule has 0 aliphatic heterocycles. The highest BCUT2D eigenvalue weighted by molar-refractivity contribution is 5.97. The largest absolute Gasteiger partial charge is 0.508 e. The Bertz CT molecular complexity index is 1160. The lowest BCUT2D eigenvalue weighted by molar-refractivity contribution is 0.0956. The number of phenolic OH excluding ortho intramolecular Hbond substituents is 1. The van der Waals surface area contributed by atoms with Gasteiger partial charge in [-0.05, 0) is 44.2 Å². The minimum atomic E-state index is -0.0905. The van der Waals surface area contributed by atoms with Crippen molar-refractivity contribution in [1.29, 1.82) is 0 Å². The molecule has 2 aromatic carbocycles. The first-order chi connectivity index (χ1) is 13.0. The molecule has 0 spiro atoms. The second kappa shape index (κ2) is 6.42. The summed E-state index contributed by atoms with van der Waals surface area (Å²) in [6.45, 7) is 4.52. The monoisotopic (exact) mass is 363 g/mol. The van der Waals surface area contributed by atoms with Crippen molar-refractivity contribution in [2.75, 3.05) is 6.54 Å². The van der Waals surface area contributed by atoms with Gasteiger partial charge >= 0.3 is 0 Å². The summed E-state index contributed by atoms with van der Waals surface area (Å²) in [4.78, 5) is 24.8. The fourth-order valence-electron chi connectivity index (χ4n) is 3.34. The summed E-state index contributed by atoms with van der Waals surface area (Å²) in [6, 6.07) is 10.6.